The summed E-state index contributed by atoms with van der Waals surface area (Å²) in [5, 5.41) is 3.65. The fourth-order valence-electron chi connectivity index (χ4n) is 3.68. The fraction of sp³-hybridized carbons (Fsp3) is 0.765. The predicted molar refractivity (Wildman–Crippen MR) is 85.9 cm³/mol. The summed E-state index contributed by atoms with van der Waals surface area (Å²) in [6.07, 6.45) is 10.3. The van der Waals surface area contributed by atoms with E-state index in [2.05, 4.69) is 14.9 Å². The van der Waals surface area contributed by atoms with Gasteiger partial charge < -0.3 is 19.5 Å². The summed E-state index contributed by atoms with van der Waals surface area (Å²) >= 11 is 0. The summed E-state index contributed by atoms with van der Waals surface area (Å²) in [6.45, 7) is 3.31. The minimum absolute atomic E-state index is 0.174. The molecule has 4 rings (SSSR count). The minimum atomic E-state index is -0.174. The van der Waals surface area contributed by atoms with Gasteiger partial charge in [-0.2, -0.15) is 0 Å². The SMILES string of the molecule is O=C([C@H]1CCCO1)N1CCC(NCc2cncn2C2CC2)CC1. The van der Waals surface area contributed by atoms with Gasteiger partial charge in [-0.15, -0.1) is 0 Å². The molecule has 1 aromatic rings. The first-order valence-corrected chi connectivity index (χ1v) is 8.96. The largest absolute Gasteiger partial charge is 0.368 e. The quantitative estimate of drug-likeness (QED) is 0.893. The van der Waals surface area contributed by atoms with E-state index >= 15 is 0 Å². The number of hydrogen-bond donors (Lipinski definition) is 1. The first-order valence-electron chi connectivity index (χ1n) is 8.96. The molecule has 2 saturated heterocycles. The van der Waals surface area contributed by atoms with Crippen LogP contribution in [-0.2, 0) is 16.1 Å². The maximum absolute atomic E-state index is 12.3. The number of aromatic nitrogens is 2. The van der Waals surface area contributed by atoms with Crippen molar-refractivity contribution in [3.8, 4) is 0 Å². The van der Waals surface area contributed by atoms with Crippen molar-refractivity contribution in [3.63, 3.8) is 0 Å². The van der Waals surface area contributed by atoms with Crippen molar-refractivity contribution in [2.45, 2.75) is 63.3 Å². The van der Waals surface area contributed by atoms with Crippen molar-refractivity contribution in [1.82, 2.24) is 19.8 Å². The van der Waals surface area contributed by atoms with Gasteiger partial charge in [0, 0.05) is 44.5 Å². The monoisotopic (exact) mass is 318 g/mol. The second-order valence-electron chi connectivity index (χ2n) is 7.01. The summed E-state index contributed by atoms with van der Waals surface area (Å²) < 4.78 is 7.82. The van der Waals surface area contributed by atoms with E-state index in [0.29, 0.717) is 12.1 Å². The molecular weight excluding hydrogens is 292 g/mol. The van der Waals surface area contributed by atoms with Crippen molar-refractivity contribution in [1.29, 1.82) is 0 Å². The van der Waals surface area contributed by atoms with Gasteiger partial charge in [0.2, 0.25) is 0 Å². The normalized spacial score (nSPS) is 25.9. The van der Waals surface area contributed by atoms with E-state index in [1.54, 1.807) is 0 Å². The molecule has 0 unspecified atom stereocenters. The van der Waals surface area contributed by atoms with Crippen molar-refractivity contribution < 1.29 is 9.53 Å². The Morgan fingerprint density at radius 2 is 2.09 bits per heavy atom. The molecule has 0 bridgehead atoms. The third kappa shape index (κ3) is 3.43. The maximum Gasteiger partial charge on any atom is 0.251 e. The lowest BCUT2D eigenvalue weighted by Gasteiger charge is -2.33. The number of likely N-dealkylation sites (tertiary alicyclic amines) is 1. The molecule has 3 aliphatic rings. The highest BCUT2D eigenvalue weighted by molar-refractivity contribution is 5.81. The van der Waals surface area contributed by atoms with Gasteiger partial charge in [-0.1, -0.05) is 0 Å². The predicted octanol–water partition coefficient (Wildman–Crippen LogP) is 1.48. The highest BCUT2D eigenvalue weighted by atomic mass is 16.5. The van der Waals surface area contributed by atoms with Crippen molar-refractivity contribution in [2.75, 3.05) is 19.7 Å². The lowest BCUT2D eigenvalue weighted by Crippen LogP contribution is -2.47. The van der Waals surface area contributed by atoms with Crippen LogP contribution in [0.5, 0.6) is 0 Å². The van der Waals surface area contributed by atoms with Gasteiger partial charge in [-0.05, 0) is 38.5 Å². The second kappa shape index (κ2) is 6.61. The maximum atomic E-state index is 12.3. The average molecular weight is 318 g/mol. The van der Waals surface area contributed by atoms with E-state index in [0.717, 1.165) is 51.9 Å². The first kappa shape index (κ1) is 15.1. The Hall–Kier alpha value is -1.40. The van der Waals surface area contributed by atoms with E-state index in [1.807, 2.05) is 17.4 Å². The van der Waals surface area contributed by atoms with Crippen LogP contribution in [0, 0.1) is 0 Å². The van der Waals surface area contributed by atoms with Crippen LogP contribution in [0.4, 0.5) is 0 Å². The first-order chi connectivity index (χ1) is 11.3. The number of nitrogens with one attached hydrogen (secondary N) is 1. The molecular formula is C17H26N4O2. The molecule has 1 aliphatic carbocycles. The lowest BCUT2D eigenvalue weighted by molar-refractivity contribution is -0.142. The number of ether oxygens (including phenoxy) is 1. The van der Waals surface area contributed by atoms with Gasteiger partial charge in [-0.3, -0.25) is 4.79 Å². The number of rotatable bonds is 5. The van der Waals surface area contributed by atoms with Gasteiger partial charge in [-0.25, -0.2) is 4.98 Å². The topological polar surface area (TPSA) is 59.4 Å². The highest BCUT2D eigenvalue weighted by Crippen LogP contribution is 2.35. The molecule has 126 valence electrons. The van der Waals surface area contributed by atoms with E-state index in [1.165, 1.54) is 18.5 Å². The van der Waals surface area contributed by atoms with Crippen LogP contribution < -0.4 is 5.32 Å². The van der Waals surface area contributed by atoms with Crippen LogP contribution in [0.2, 0.25) is 0 Å². The summed E-state index contributed by atoms with van der Waals surface area (Å²) in [6, 6.07) is 1.17. The number of imidazole rings is 1. The number of amides is 1. The summed E-state index contributed by atoms with van der Waals surface area (Å²) in [5.74, 6) is 0.202. The molecule has 0 aromatic carbocycles. The lowest BCUT2D eigenvalue weighted by atomic mass is 10.0. The van der Waals surface area contributed by atoms with Crippen LogP contribution in [0.1, 0.15) is 50.3 Å². The third-order valence-corrected chi connectivity index (χ3v) is 5.27. The van der Waals surface area contributed by atoms with Crippen LogP contribution in [0.25, 0.3) is 0 Å². The molecule has 3 fully saturated rings. The van der Waals surface area contributed by atoms with Crippen LogP contribution in [0.15, 0.2) is 12.5 Å². The molecule has 3 heterocycles. The van der Waals surface area contributed by atoms with Gasteiger partial charge in [0.05, 0.1) is 12.0 Å². The Bertz CT molecular complexity index is 541. The number of piperidine rings is 1. The standard InChI is InChI=1S/C17H26N4O2/c22-17(16-2-1-9-23-16)20-7-5-13(6-8-20)19-11-15-10-18-12-21(15)14-3-4-14/h10,12-14,16,19H,1-9,11H2/t16-/m1/s1. The van der Waals surface area contributed by atoms with E-state index < -0.39 is 0 Å². The summed E-state index contributed by atoms with van der Waals surface area (Å²) in [7, 11) is 0. The minimum Gasteiger partial charge on any atom is -0.368 e. The molecule has 23 heavy (non-hydrogen) atoms. The van der Waals surface area contributed by atoms with E-state index in [9.17, 15) is 4.79 Å². The van der Waals surface area contributed by atoms with Crippen molar-refractivity contribution in [2.24, 2.45) is 0 Å². The molecule has 6 nitrogen and oxygen atoms in total. The number of carbonyl (C=O) groups is 1. The van der Waals surface area contributed by atoms with E-state index in [4.69, 9.17) is 4.74 Å². The van der Waals surface area contributed by atoms with Gasteiger partial charge in [0.1, 0.15) is 6.10 Å². The zero-order valence-corrected chi connectivity index (χ0v) is 13.6. The molecule has 1 N–H and O–H groups in total. The van der Waals surface area contributed by atoms with Crippen molar-refractivity contribution in [3.05, 3.63) is 18.2 Å². The Morgan fingerprint density at radius 1 is 1.26 bits per heavy atom. The van der Waals surface area contributed by atoms with Crippen LogP contribution in [0.3, 0.4) is 0 Å². The van der Waals surface area contributed by atoms with Gasteiger partial charge >= 0.3 is 0 Å². The fourth-order valence-corrected chi connectivity index (χ4v) is 3.68. The molecule has 2 aliphatic heterocycles. The zero-order valence-electron chi connectivity index (χ0n) is 13.6. The Balaban J connectivity index is 1.23. The van der Waals surface area contributed by atoms with Gasteiger partial charge in [0.25, 0.3) is 5.91 Å². The molecule has 1 saturated carbocycles. The highest BCUT2D eigenvalue weighted by Gasteiger charge is 2.31. The van der Waals surface area contributed by atoms with Crippen LogP contribution >= 0.6 is 0 Å². The molecule has 0 spiro atoms. The molecule has 6 heteroatoms. The smallest absolute Gasteiger partial charge is 0.251 e. The van der Waals surface area contributed by atoms with Gasteiger partial charge in [0.15, 0.2) is 0 Å². The molecule has 0 radical (unpaired) electrons. The molecule has 1 atom stereocenters. The zero-order chi connectivity index (χ0) is 15.6. The van der Waals surface area contributed by atoms with Crippen LogP contribution in [-0.4, -0.2) is 52.2 Å². The average Bonchev–Trinajstić information content (AvgIpc) is 3.10. The number of carbonyl (C=O) groups excluding carboxylic acids is 1. The van der Waals surface area contributed by atoms with Crippen molar-refractivity contribution >= 4 is 5.91 Å². The summed E-state index contributed by atoms with van der Waals surface area (Å²) in [5.41, 5.74) is 1.28. The second-order valence-corrected chi connectivity index (χ2v) is 7.01. The Labute approximate surface area is 137 Å². The summed E-state index contributed by atoms with van der Waals surface area (Å²) in [4.78, 5) is 18.6. The Kier molecular flexibility index (Phi) is 4.35. The van der Waals surface area contributed by atoms with E-state index in [-0.39, 0.29) is 12.0 Å². The molecule has 1 aromatic heterocycles. The third-order valence-electron chi connectivity index (χ3n) is 5.27. The Morgan fingerprint density at radius 3 is 2.78 bits per heavy atom. The number of nitrogens with zero attached hydrogens (tertiary/aromatic N) is 3. The number of hydrogen-bond acceptors (Lipinski definition) is 4. The molecule has 1 amide bonds.